The van der Waals surface area contributed by atoms with Gasteiger partial charge in [0.2, 0.25) is 0 Å². The van der Waals surface area contributed by atoms with E-state index in [1.54, 1.807) is 12.5 Å². The lowest BCUT2D eigenvalue weighted by atomic mass is 9.96. The third-order valence-electron chi connectivity index (χ3n) is 4.76. The molecule has 24 heavy (non-hydrogen) atoms. The van der Waals surface area contributed by atoms with Crippen molar-refractivity contribution in [2.45, 2.75) is 106 Å². The zero-order valence-corrected chi connectivity index (χ0v) is 17.3. The van der Waals surface area contributed by atoms with Gasteiger partial charge in [-0.05, 0) is 77.6 Å². The number of Topliss-reactive ketones (excluding diaryl/α,β-unsaturated/α-hetero) is 1. The van der Waals surface area contributed by atoms with Crippen molar-refractivity contribution < 1.29 is 4.79 Å². The number of allylic oxidation sites excluding steroid dienone is 4. The highest BCUT2D eigenvalue weighted by Gasteiger charge is 2.02. The summed E-state index contributed by atoms with van der Waals surface area (Å²) in [5, 5.41) is 0. The second-order valence-electron chi connectivity index (χ2n) is 8.20. The van der Waals surface area contributed by atoms with Crippen molar-refractivity contribution in [3.05, 3.63) is 23.3 Å². The summed E-state index contributed by atoms with van der Waals surface area (Å²) >= 11 is 0. The maximum absolute atomic E-state index is 10.9. The molecule has 0 aromatic rings. The molecule has 0 N–H and O–H groups in total. The predicted octanol–water partition coefficient (Wildman–Crippen LogP) is 7.66. The molecule has 0 fully saturated rings. The lowest BCUT2D eigenvalue weighted by molar-refractivity contribution is -0.116. The first-order valence-corrected chi connectivity index (χ1v) is 10.1. The molecular weight excluding hydrogens is 292 g/mol. The highest BCUT2D eigenvalue weighted by molar-refractivity contribution is 5.75. The van der Waals surface area contributed by atoms with Crippen molar-refractivity contribution in [1.82, 2.24) is 0 Å². The van der Waals surface area contributed by atoms with Crippen LogP contribution in [-0.4, -0.2) is 5.78 Å². The fourth-order valence-electron chi connectivity index (χ4n) is 3.00. The van der Waals surface area contributed by atoms with Crippen LogP contribution in [-0.2, 0) is 4.79 Å². The Morgan fingerprint density at radius 2 is 1.29 bits per heavy atom. The minimum absolute atomic E-state index is 0.292. The van der Waals surface area contributed by atoms with Crippen LogP contribution >= 0.6 is 0 Å². The average Bonchev–Trinajstić information content (AvgIpc) is 2.46. The first kappa shape index (κ1) is 23.1. The molecule has 0 amide bonds. The van der Waals surface area contributed by atoms with Crippen LogP contribution in [0.5, 0.6) is 0 Å². The third-order valence-corrected chi connectivity index (χ3v) is 4.76. The molecule has 0 rings (SSSR count). The van der Waals surface area contributed by atoms with Crippen molar-refractivity contribution in [2.75, 3.05) is 0 Å². The van der Waals surface area contributed by atoms with Gasteiger partial charge in [0.15, 0.2) is 0 Å². The van der Waals surface area contributed by atoms with Gasteiger partial charge < -0.3 is 4.79 Å². The van der Waals surface area contributed by atoms with E-state index in [4.69, 9.17) is 0 Å². The Bertz CT molecular complexity index is 387. The van der Waals surface area contributed by atoms with E-state index in [1.165, 1.54) is 56.9 Å². The van der Waals surface area contributed by atoms with Crippen molar-refractivity contribution in [3.8, 4) is 0 Å². The van der Waals surface area contributed by atoms with Crippen LogP contribution in [0.15, 0.2) is 23.3 Å². The molecule has 0 aromatic carbocycles. The zero-order chi connectivity index (χ0) is 18.4. The average molecular weight is 335 g/mol. The van der Waals surface area contributed by atoms with E-state index < -0.39 is 0 Å². The van der Waals surface area contributed by atoms with Gasteiger partial charge in [0, 0.05) is 6.42 Å². The molecule has 1 nitrogen and oxygen atoms in total. The first-order valence-electron chi connectivity index (χ1n) is 10.1. The SMILES string of the molecule is CC(=O)CC/C=C(/C)CCCC(C)CC/C=C(/C)CCCC(C)C. The quantitative estimate of drug-likeness (QED) is 0.298. The summed E-state index contributed by atoms with van der Waals surface area (Å²) in [5.74, 6) is 1.94. The summed E-state index contributed by atoms with van der Waals surface area (Å²) in [6.07, 6.45) is 16.6. The van der Waals surface area contributed by atoms with Gasteiger partial charge in [0.1, 0.15) is 5.78 Å². The Hall–Kier alpha value is -0.850. The minimum atomic E-state index is 0.292. The number of hydrogen-bond acceptors (Lipinski definition) is 1. The molecule has 0 spiro atoms. The van der Waals surface area contributed by atoms with E-state index in [1.807, 2.05) is 0 Å². The second-order valence-corrected chi connectivity index (χ2v) is 8.20. The molecule has 1 atom stereocenters. The van der Waals surface area contributed by atoms with E-state index in [0.29, 0.717) is 12.2 Å². The van der Waals surface area contributed by atoms with Crippen molar-refractivity contribution in [3.63, 3.8) is 0 Å². The summed E-state index contributed by atoms with van der Waals surface area (Å²) in [7, 11) is 0. The van der Waals surface area contributed by atoms with Gasteiger partial charge in [-0.2, -0.15) is 0 Å². The van der Waals surface area contributed by atoms with Gasteiger partial charge in [-0.3, -0.25) is 0 Å². The smallest absolute Gasteiger partial charge is 0.130 e. The lowest BCUT2D eigenvalue weighted by Crippen LogP contribution is -1.95. The van der Waals surface area contributed by atoms with Crippen LogP contribution in [0.2, 0.25) is 0 Å². The normalized spacial score (nSPS) is 14.3. The zero-order valence-electron chi connectivity index (χ0n) is 17.3. The topological polar surface area (TPSA) is 17.1 Å². The molecule has 0 bridgehead atoms. The molecule has 0 heterocycles. The summed E-state index contributed by atoms with van der Waals surface area (Å²) < 4.78 is 0. The number of carbonyl (C=O) groups is 1. The van der Waals surface area contributed by atoms with Crippen molar-refractivity contribution >= 4 is 5.78 Å². The highest BCUT2D eigenvalue weighted by Crippen LogP contribution is 2.19. The van der Waals surface area contributed by atoms with Crippen LogP contribution in [0.1, 0.15) is 106 Å². The molecular formula is C23H42O. The number of hydrogen-bond donors (Lipinski definition) is 0. The fraction of sp³-hybridized carbons (Fsp3) is 0.783. The number of carbonyl (C=O) groups excluding carboxylic acids is 1. The Morgan fingerprint density at radius 1 is 0.750 bits per heavy atom. The van der Waals surface area contributed by atoms with E-state index in [2.05, 4.69) is 46.8 Å². The molecule has 0 aliphatic heterocycles. The molecule has 0 radical (unpaired) electrons. The highest BCUT2D eigenvalue weighted by atomic mass is 16.1. The molecule has 0 aliphatic rings. The maximum atomic E-state index is 10.9. The van der Waals surface area contributed by atoms with Gasteiger partial charge in [0.25, 0.3) is 0 Å². The molecule has 1 unspecified atom stereocenters. The number of rotatable bonds is 14. The third kappa shape index (κ3) is 16.0. The van der Waals surface area contributed by atoms with Gasteiger partial charge in [-0.25, -0.2) is 0 Å². The molecule has 0 aromatic heterocycles. The Labute approximate surface area is 152 Å². The van der Waals surface area contributed by atoms with Crippen molar-refractivity contribution in [1.29, 1.82) is 0 Å². The van der Waals surface area contributed by atoms with Crippen LogP contribution in [0, 0.1) is 11.8 Å². The van der Waals surface area contributed by atoms with Gasteiger partial charge >= 0.3 is 0 Å². The summed E-state index contributed by atoms with van der Waals surface area (Å²) in [5.41, 5.74) is 3.02. The summed E-state index contributed by atoms with van der Waals surface area (Å²) in [6.45, 7) is 13.2. The molecule has 140 valence electrons. The minimum Gasteiger partial charge on any atom is -0.300 e. The first-order chi connectivity index (χ1) is 11.3. The summed E-state index contributed by atoms with van der Waals surface area (Å²) in [4.78, 5) is 10.9. The molecule has 0 saturated heterocycles. The van der Waals surface area contributed by atoms with Crippen molar-refractivity contribution in [2.24, 2.45) is 11.8 Å². The van der Waals surface area contributed by atoms with Gasteiger partial charge in [-0.15, -0.1) is 0 Å². The molecule has 0 aliphatic carbocycles. The Balaban J connectivity index is 3.75. The van der Waals surface area contributed by atoms with Crippen LogP contribution in [0.3, 0.4) is 0 Å². The largest absolute Gasteiger partial charge is 0.300 e. The van der Waals surface area contributed by atoms with Crippen LogP contribution in [0.4, 0.5) is 0 Å². The van der Waals surface area contributed by atoms with E-state index in [0.717, 1.165) is 18.3 Å². The predicted molar refractivity (Wildman–Crippen MR) is 108 cm³/mol. The number of ketones is 1. The van der Waals surface area contributed by atoms with Gasteiger partial charge in [-0.1, -0.05) is 56.9 Å². The Morgan fingerprint density at radius 3 is 1.83 bits per heavy atom. The van der Waals surface area contributed by atoms with Gasteiger partial charge in [0.05, 0.1) is 0 Å². The monoisotopic (exact) mass is 334 g/mol. The maximum Gasteiger partial charge on any atom is 0.130 e. The molecule has 0 saturated carbocycles. The lowest BCUT2D eigenvalue weighted by Gasteiger charge is -2.10. The Kier molecular flexibility index (Phi) is 14.0. The van der Waals surface area contributed by atoms with E-state index in [9.17, 15) is 4.79 Å². The second kappa shape index (κ2) is 14.5. The standard InChI is InChI=1S/C23H42O/c1-19(2)11-7-12-20(3)13-8-14-21(4)15-9-16-22(5)17-10-18-23(6)24/h13,17,19,21H,7-12,14-16,18H2,1-6H3/b20-13-,22-17-. The van der Waals surface area contributed by atoms with E-state index in [-0.39, 0.29) is 0 Å². The molecule has 1 heteroatoms. The van der Waals surface area contributed by atoms with Crippen LogP contribution in [0.25, 0.3) is 0 Å². The van der Waals surface area contributed by atoms with Crippen LogP contribution < -0.4 is 0 Å². The van der Waals surface area contributed by atoms with E-state index >= 15 is 0 Å². The fourth-order valence-corrected chi connectivity index (χ4v) is 3.00. The summed E-state index contributed by atoms with van der Waals surface area (Å²) in [6, 6.07) is 0.